The second-order valence-corrected chi connectivity index (χ2v) is 3.69. The van der Waals surface area contributed by atoms with Crippen LogP contribution in [0.15, 0.2) is 36.4 Å². The Morgan fingerprint density at radius 1 is 1.13 bits per heavy atom. The van der Waals surface area contributed by atoms with Crippen molar-refractivity contribution in [2.45, 2.75) is 25.4 Å². The van der Waals surface area contributed by atoms with E-state index in [4.69, 9.17) is 9.47 Å². The SMILES string of the molecule is COc1ccc(O[C@H]2C=CCCC2)cc1. The molecule has 2 nitrogen and oxygen atoms in total. The van der Waals surface area contributed by atoms with Crippen molar-refractivity contribution in [2.24, 2.45) is 0 Å². The molecule has 0 amide bonds. The predicted molar refractivity (Wildman–Crippen MR) is 60.4 cm³/mol. The second-order valence-electron chi connectivity index (χ2n) is 3.69. The Morgan fingerprint density at radius 3 is 2.47 bits per heavy atom. The van der Waals surface area contributed by atoms with Gasteiger partial charge in [0.25, 0.3) is 0 Å². The monoisotopic (exact) mass is 204 g/mol. The van der Waals surface area contributed by atoms with E-state index in [2.05, 4.69) is 12.2 Å². The number of ether oxygens (including phenoxy) is 2. The molecule has 1 aromatic carbocycles. The van der Waals surface area contributed by atoms with Gasteiger partial charge < -0.3 is 9.47 Å². The number of hydrogen-bond donors (Lipinski definition) is 0. The molecular formula is C13H16O2. The van der Waals surface area contributed by atoms with Crippen LogP contribution in [0.5, 0.6) is 11.5 Å². The van der Waals surface area contributed by atoms with E-state index >= 15 is 0 Å². The van der Waals surface area contributed by atoms with Gasteiger partial charge in [-0.25, -0.2) is 0 Å². The number of rotatable bonds is 3. The van der Waals surface area contributed by atoms with Crippen molar-refractivity contribution >= 4 is 0 Å². The summed E-state index contributed by atoms with van der Waals surface area (Å²) in [5.74, 6) is 1.77. The molecule has 2 heteroatoms. The summed E-state index contributed by atoms with van der Waals surface area (Å²) in [5.41, 5.74) is 0. The Morgan fingerprint density at radius 2 is 1.87 bits per heavy atom. The van der Waals surface area contributed by atoms with Crippen molar-refractivity contribution < 1.29 is 9.47 Å². The molecule has 0 fully saturated rings. The lowest BCUT2D eigenvalue weighted by Crippen LogP contribution is -2.15. The van der Waals surface area contributed by atoms with Gasteiger partial charge in [0, 0.05) is 0 Å². The van der Waals surface area contributed by atoms with Crippen LogP contribution < -0.4 is 9.47 Å². The molecular weight excluding hydrogens is 188 g/mol. The quantitative estimate of drug-likeness (QED) is 0.704. The first-order valence-corrected chi connectivity index (χ1v) is 5.36. The molecule has 1 aromatic rings. The van der Waals surface area contributed by atoms with Crippen LogP contribution in [0.4, 0.5) is 0 Å². The highest BCUT2D eigenvalue weighted by molar-refractivity contribution is 5.31. The lowest BCUT2D eigenvalue weighted by Gasteiger charge is -2.18. The topological polar surface area (TPSA) is 18.5 Å². The normalized spacial score (nSPS) is 19.9. The Bertz CT molecular complexity index is 327. The smallest absolute Gasteiger partial charge is 0.120 e. The molecule has 2 rings (SSSR count). The standard InChI is InChI=1S/C13H16O2/c1-14-11-7-9-13(10-8-11)15-12-5-3-2-4-6-12/h3,5,7-10,12H,2,4,6H2,1H3/t12-/m0/s1. The number of hydrogen-bond acceptors (Lipinski definition) is 2. The van der Waals surface area contributed by atoms with Crippen LogP contribution in [0.3, 0.4) is 0 Å². The van der Waals surface area contributed by atoms with Crippen molar-refractivity contribution in [3.05, 3.63) is 36.4 Å². The molecule has 0 aromatic heterocycles. The lowest BCUT2D eigenvalue weighted by molar-refractivity contribution is 0.229. The highest BCUT2D eigenvalue weighted by Crippen LogP contribution is 2.21. The Labute approximate surface area is 90.5 Å². The summed E-state index contributed by atoms with van der Waals surface area (Å²) >= 11 is 0. The van der Waals surface area contributed by atoms with Gasteiger partial charge >= 0.3 is 0 Å². The summed E-state index contributed by atoms with van der Waals surface area (Å²) in [4.78, 5) is 0. The van der Waals surface area contributed by atoms with E-state index in [1.165, 1.54) is 12.8 Å². The molecule has 1 aliphatic carbocycles. The third-order valence-corrected chi connectivity index (χ3v) is 2.56. The molecule has 1 atom stereocenters. The van der Waals surface area contributed by atoms with E-state index in [1.54, 1.807) is 7.11 Å². The van der Waals surface area contributed by atoms with Crippen LogP contribution in [0, 0.1) is 0 Å². The van der Waals surface area contributed by atoms with Gasteiger partial charge in [-0.1, -0.05) is 6.08 Å². The Kier molecular flexibility index (Phi) is 3.28. The lowest BCUT2D eigenvalue weighted by atomic mass is 10.1. The molecule has 0 N–H and O–H groups in total. The third kappa shape index (κ3) is 2.75. The van der Waals surface area contributed by atoms with Gasteiger partial charge in [0.05, 0.1) is 7.11 Å². The summed E-state index contributed by atoms with van der Waals surface area (Å²) in [5, 5.41) is 0. The maximum Gasteiger partial charge on any atom is 0.120 e. The summed E-state index contributed by atoms with van der Waals surface area (Å²) in [6.07, 6.45) is 8.10. The van der Waals surface area contributed by atoms with Crippen LogP contribution in [0.1, 0.15) is 19.3 Å². The molecule has 1 aliphatic rings. The first-order chi connectivity index (χ1) is 7.38. The van der Waals surface area contributed by atoms with Crippen molar-refractivity contribution in [1.82, 2.24) is 0 Å². The summed E-state index contributed by atoms with van der Waals surface area (Å²) in [7, 11) is 1.67. The zero-order chi connectivity index (χ0) is 10.5. The molecule has 0 radical (unpaired) electrons. The van der Waals surface area contributed by atoms with Gasteiger partial charge in [0.2, 0.25) is 0 Å². The third-order valence-electron chi connectivity index (χ3n) is 2.56. The van der Waals surface area contributed by atoms with E-state index in [0.717, 1.165) is 17.9 Å². The van der Waals surface area contributed by atoms with Gasteiger partial charge in [-0.15, -0.1) is 0 Å². The van der Waals surface area contributed by atoms with Crippen LogP contribution >= 0.6 is 0 Å². The van der Waals surface area contributed by atoms with Gasteiger partial charge in [-0.3, -0.25) is 0 Å². The molecule has 0 heterocycles. The Balaban J connectivity index is 1.97. The number of allylic oxidation sites excluding steroid dienone is 1. The van der Waals surface area contributed by atoms with E-state index < -0.39 is 0 Å². The fourth-order valence-electron chi connectivity index (χ4n) is 1.71. The van der Waals surface area contributed by atoms with E-state index in [9.17, 15) is 0 Å². The Hall–Kier alpha value is -1.44. The van der Waals surface area contributed by atoms with Gasteiger partial charge in [0.15, 0.2) is 0 Å². The minimum Gasteiger partial charge on any atom is -0.497 e. The minimum absolute atomic E-state index is 0.243. The first kappa shape index (κ1) is 10.1. The molecule has 0 unspecified atom stereocenters. The molecule has 15 heavy (non-hydrogen) atoms. The van der Waals surface area contributed by atoms with E-state index in [-0.39, 0.29) is 6.10 Å². The van der Waals surface area contributed by atoms with Crippen LogP contribution in [0.2, 0.25) is 0 Å². The van der Waals surface area contributed by atoms with Gasteiger partial charge in [0.1, 0.15) is 17.6 Å². The number of methoxy groups -OCH3 is 1. The van der Waals surface area contributed by atoms with E-state index in [1.807, 2.05) is 24.3 Å². The van der Waals surface area contributed by atoms with E-state index in [0.29, 0.717) is 0 Å². The minimum atomic E-state index is 0.243. The molecule has 0 spiro atoms. The summed E-state index contributed by atoms with van der Waals surface area (Å²) < 4.78 is 10.9. The largest absolute Gasteiger partial charge is 0.497 e. The highest BCUT2D eigenvalue weighted by Gasteiger charge is 2.09. The number of benzene rings is 1. The first-order valence-electron chi connectivity index (χ1n) is 5.36. The molecule has 0 aliphatic heterocycles. The fraction of sp³-hybridized carbons (Fsp3) is 0.385. The maximum atomic E-state index is 5.81. The molecule has 0 saturated heterocycles. The average molecular weight is 204 g/mol. The van der Waals surface area contributed by atoms with Crippen molar-refractivity contribution in [1.29, 1.82) is 0 Å². The van der Waals surface area contributed by atoms with Gasteiger partial charge in [-0.05, 0) is 49.6 Å². The van der Waals surface area contributed by atoms with Gasteiger partial charge in [-0.2, -0.15) is 0 Å². The van der Waals surface area contributed by atoms with Crippen LogP contribution in [-0.2, 0) is 0 Å². The summed E-state index contributed by atoms with van der Waals surface area (Å²) in [6, 6.07) is 7.73. The fourth-order valence-corrected chi connectivity index (χ4v) is 1.71. The van der Waals surface area contributed by atoms with Crippen molar-refractivity contribution in [2.75, 3.05) is 7.11 Å². The zero-order valence-electron chi connectivity index (χ0n) is 8.98. The second kappa shape index (κ2) is 4.87. The summed E-state index contributed by atoms with van der Waals surface area (Å²) in [6.45, 7) is 0. The molecule has 0 saturated carbocycles. The zero-order valence-corrected chi connectivity index (χ0v) is 8.98. The van der Waals surface area contributed by atoms with Crippen molar-refractivity contribution in [3.8, 4) is 11.5 Å². The van der Waals surface area contributed by atoms with Crippen LogP contribution in [-0.4, -0.2) is 13.2 Å². The van der Waals surface area contributed by atoms with Crippen LogP contribution in [0.25, 0.3) is 0 Å². The molecule has 0 bridgehead atoms. The maximum absolute atomic E-state index is 5.81. The average Bonchev–Trinajstić information content (AvgIpc) is 2.31. The van der Waals surface area contributed by atoms with Crippen molar-refractivity contribution in [3.63, 3.8) is 0 Å². The predicted octanol–water partition coefficient (Wildman–Crippen LogP) is 3.18. The molecule has 80 valence electrons. The highest BCUT2D eigenvalue weighted by atomic mass is 16.5.